The summed E-state index contributed by atoms with van der Waals surface area (Å²) >= 11 is 0. The van der Waals surface area contributed by atoms with E-state index in [1.54, 1.807) is 0 Å². The average molecular weight is 577 g/mol. The fourth-order valence-corrected chi connectivity index (χ4v) is 4.42. The van der Waals surface area contributed by atoms with Gasteiger partial charge >= 0.3 is 0 Å². The first-order chi connectivity index (χ1) is 17.4. The van der Waals surface area contributed by atoms with E-state index in [1.807, 2.05) is 77.6 Å². The monoisotopic (exact) mass is 575 g/mol. The zero-order valence-electron chi connectivity index (χ0n) is 23.1. The van der Waals surface area contributed by atoms with Crippen molar-refractivity contribution in [1.29, 1.82) is 0 Å². The summed E-state index contributed by atoms with van der Waals surface area (Å²) in [5, 5.41) is 11.1. The van der Waals surface area contributed by atoms with Crippen LogP contribution >= 0.6 is 17.0 Å². The van der Waals surface area contributed by atoms with Crippen LogP contribution in [0.4, 0.5) is 5.69 Å². The van der Waals surface area contributed by atoms with Gasteiger partial charge in [-0.2, -0.15) is 0 Å². The third kappa shape index (κ3) is 6.73. The Balaban J connectivity index is 0.00000400. The molecular weight excluding hydrogens is 538 g/mol. The number of hydrogen-bond acceptors (Lipinski definition) is 3. The number of Topliss-reactive ketones (excluding diaryl/α,β-unsaturated/α-hetero) is 1. The maximum atomic E-state index is 13.7. The van der Waals surface area contributed by atoms with Crippen molar-refractivity contribution >= 4 is 28.5 Å². The lowest BCUT2D eigenvalue weighted by Crippen LogP contribution is -2.29. The van der Waals surface area contributed by atoms with Crippen molar-refractivity contribution in [3.05, 3.63) is 113 Å². The van der Waals surface area contributed by atoms with E-state index in [0.717, 1.165) is 22.4 Å². The Labute approximate surface area is 236 Å². The Hall–Kier alpha value is -3.38. The molecule has 6 heteroatoms. The van der Waals surface area contributed by atoms with Gasteiger partial charge in [0.2, 0.25) is 5.62 Å². The van der Waals surface area contributed by atoms with Crippen LogP contribution in [-0.2, 0) is 23.9 Å². The lowest BCUT2D eigenvalue weighted by Gasteiger charge is -2.28. The van der Waals surface area contributed by atoms with Gasteiger partial charge in [-0.1, -0.05) is 90.1 Å². The number of benzene rings is 3. The van der Waals surface area contributed by atoms with Crippen LogP contribution in [0, 0.1) is 0 Å². The van der Waals surface area contributed by atoms with Crippen molar-refractivity contribution in [2.75, 3.05) is 0 Å². The molecule has 0 radical (unpaired) electrons. The summed E-state index contributed by atoms with van der Waals surface area (Å²) in [7, 11) is 0. The van der Waals surface area contributed by atoms with Gasteiger partial charge in [0.1, 0.15) is 5.75 Å². The van der Waals surface area contributed by atoms with E-state index in [-0.39, 0.29) is 45.9 Å². The van der Waals surface area contributed by atoms with Crippen molar-refractivity contribution < 1.29 is 9.90 Å². The molecule has 1 aromatic heterocycles. The van der Waals surface area contributed by atoms with Crippen molar-refractivity contribution in [3.63, 3.8) is 0 Å². The summed E-state index contributed by atoms with van der Waals surface area (Å²) in [4.78, 5) is 18.6. The van der Waals surface area contributed by atoms with Crippen LogP contribution in [0.3, 0.4) is 0 Å². The first-order valence-corrected chi connectivity index (χ1v) is 12.7. The van der Waals surface area contributed by atoms with Gasteiger partial charge in [0.05, 0.1) is 18.8 Å². The average Bonchev–Trinajstić information content (AvgIpc) is 3.19. The SMILES string of the molecule is Br.CC(C)(C)c1cc(C(=O)Cn2ccn(Cc3ccccc3)c2=Nc2ccccc2)cc(C(C)(C)C)c1O. The van der Waals surface area contributed by atoms with Crippen molar-refractivity contribution in [1.82, 2.24) is 9.13 Å². The van der Waals surface area contributed by atoms with E-state index >= 15 is 0 Å². The lowest BCUT2D eigenvalue weighted by molar-refractivity contribution is 0.0970. The summed E-state index contributed by atoms with van der Waals surface area (Å²) in [5.41, 5.74) is 4.24. The second-order valence-electron chi connectivity index (χ2n) is 11.6. The first-order valence-electron chi connectivity index (χ1n) is 12.7. The molecule has 4 rings (SSSR count). The predicted octanol–water partition coefficient (Wildman–Crippen LogP) is 7.33. The summed E-state index contributed by atoms with van der Waals surface area (Å²) in [6.45, 7) is 13.1. The fraction of sp³-hybridized carbons (Fsp3) is 0.312. The molecule has 0 amide bonds. The number of para-hydroxylation sites is 1. The number of carbonyl (C=O) groups excluding carboxylic acids is 1. The molecule has 0 atom stereocenters. The summed E-state index contributed by atoms with van der Waals surface area (Å²) in [6.07, 6.45) is 3.89. The molecule has 200 valence electrons. The minimum Gasteiger partial charge on any atom is -0.507 e. The summed E-state index contributed by atoms with van der Waals surface area (Å²) in [5.74, 6) is 0.251. The number of phenols is 1. The number of aromatic hydroxyl groups is 1. The van der Waals surface area contributed by atoms with E-state index in [9.17, 15) is 9.90 Å². The van der Waals surface area contributed by atoms with Crippen LogP contribution in [-0.4, -0.2) is 20.0 Å². The number of phenolic OH excluding ortho intramolecular Hbond substituents is 1. The molecule has 0 unspecified atom stereocenters. The van der Waals surface area contributed by atoms with Crippen molar-refractivity contribution in [2.24, 2.45) is 4.99 Å². The van der Waals surface area contributed by atoms with Gasteiger partial charge in [-0.15, -0.1) is 17.0 Å². The maximum absolute atomic E-state index is 13.7. The van der Waals surface area contributed by atoms with Gasteiger partial charge < -0.3 is 14.2 Å². The number of imidazole rings is 1. The second-order valence-corrected chi connectivity index (χ2v) is 11.6. The largest absolute Gasteiger partial charge is 0.507 e. The highest BCUT2D eigenvalue weighted by Gasteiger charge is 2.28. The van der Waals surface area contributed by atoms with E-state index in [0.29, 0.717) is 17.7 Å². The highest BCUT2D eigenvalue weighted by molar-refractivity contribution is 8.93. The molecule has 3 aromatic carbocycles. The smallest absolute Gasteiger partial charge is 0.210 e. The van der Waals surface area contributed by atoms with Gasteiger partial charge in [-0.3, -0.25) is 4.79 Å². The van der Waals surface area contributed by atoms with Crippen molar-refractivity contribution in [2.45, 2.75) is 65.5 Å². The Kier molecular flexibility index (Phi) is 8.88. The molecule has 0 aliphatic carbocycles. The number of aromatic nitrogens is 2. The molecule has 0 aliphatic heterocycles. The van der Waals surface area contributed by atoms with Crippen molar-refractivity contribution in [3.8, 4) is 5.75 Å². The van der Waals surface area contributed by atoms with E-state index in [2.05, 4.69) is 58.2 Å². The van der Waals surface area contributed by atoms with E-state index in [4.69, 9.17) is 4.99 Å². The van der Waals surface area contributed by atoms with Gasteiger partial charge in [0.25, 0.3) is 0 Å². The normalized spacial score (nSPS) is 12.3. The molecule has 0 fully saturated rings. The van der Waals surface area contributed by atoms with Crippen LogP contribution < -0.4 is 5.62 Å². The van der Waals surface area contributed by atoms with Crippen LogP contribution in [0.1, 0.15) is 68.6 Å². The molecule has 5 nitrogen and oxygen atoms in total. The highest BCUT2D eigenvalue weighted by atomic mass is 79.9. The number of rotatable bonds is 6. The van der Waals surface area contributed by atoms with Crippen LogP contribution in [0.5, 0.6) is 5.75 Å². The molecule has 1 N–H and O–H groups in total. The minimum absolute atomic E-state index is 0. The fourth-order valence-electron chi connectivity index (χ4n) is 4.42. The van der Waals surface area contributed by atoms with Gasteiger partial charge in [-0.25, -0.2) is 4.99 Å². The molecule has 0 spiro atoms. The number of halogens is 1. The van der Waals surface area contributed by atoms with Gasteiger partial charge in [-0.05, 0) is 40.7 Å². The minimum atomic E-state index is -0.305. The summed E-state index contributed by atoms with van der Waals surface area (Å²) in [6, 6.07) is 23.7. The molecule has 0 saturated carbocycles. The highest BCUT2D eigenvalue weighted by Crippen LogP contribution is 2.39. The van der Waals surface area contributed by atoms with Crippen LogP contribution in [0.25, 0.3) is 0 Å². The predicted molar refractivity (Wildman–Crippen MR) is 160 cm³/mol. The molecule has 38 heavy (non-hydrogen) atoms. The van der Waals surface area contributed by atoms with Gasteiger partial charge in [0, 0.05) is 29.1 Å². The van der Waals surface area contributed by atoms with Crippen LogP contribution in [0.15, 0.2) is 90.2 Å². The first kappa shape index (κ1) is 29.2. The Morgan fingerprint density at radius 2 is 1.29 bits per heavy atom. The van der Waals surface area contributed by atoms with E-state index < -0.39 is 0 Å². The Bertz CT molecular complexity index is 1420. The molecule has 0 bridgehead atoms. The second kappa shape index (κ2) is 11.6. The molecule has 0 saturated heterocycles. The number of ketones is 1. The summed E-state index contributed by atoms with van der Waals surface area (Å²) < 4.78 is 3.96. The Morgan fingerprint density at radius 1 is 0.789 bits per heavy atom. The molecule has 1 heterocycles. The zero-order valence-corrected chi connectivity index (χ0v) is 24.8. The zero-order chi connectivity index (χ0) is 26.8. The number of nitrogens with zero attached hydrogens (tertiary/aromatic N) is 3. The quantitative estimate of drug-likeness (QED) is 0.244. The molecular formula is C32H38BrN3O2. The third-order valence-corrected chi connectivity index (χ3v) is 6.48. The topological polar surface area (TPSA) is 59.5 Å². The number of hydrogen-bond donors (Lipinski definition) is 1. The molecule has 0 aliphatic rings. The van der Waals surface area contributed by atoms with E-state index in [1.165, 1.54) is 0 Å². The number of carbonyl (C=O) groups is 1. The Morgan fingerprint density at radius 3 is 1.82 bits per heavy atom. The van der Waals surface area contributed by atoms with Gasteiger partial charge in [0.15, 0.2) is 5.78 Å². The van der Waals surface area contributed by atoms with Crippen LogP contribution in [0.2, 0.25) is 0 Å². The lowest BCUT2D eigenvalue weighted by atomic mass is 9.78. The maximum Gasteiger partial charge on any atom is 0.210 e. The third-order valence-electron chi connectivity index (χ3n) is 6.48. The molecule has 4 aromatic rings. The standard InChI is InChI=1S/C32H37N3O2.BrH/c1-31(2,3)26-19-24(20-27(29(26)37)32(4,5)6)28(36)22-35-18-17-34(21-23-13-9-7-10-14-23)30(35)33-25-15-11-8-12-16-25;/h7-20,37H,21-22H2,1-6H3;1H.